The van der Waals surface area contributed by atoms with E-state index in [1.807, 2.05) is 6.26 Å². The minimum atomic E-state index is -0.473. The van der Waals surface area contributed by atoms with Crippen molar-refractivity contribution < 1.29 is 19.0 Å². The van der Waals surface area contributed by atoms with Gasteiger partial charge < -0.3 is 19.9 Å². The number of esters is 1. The Morgan fingerprint density at radius 2 is 2.06 bits per heavy atom. The van der Waals surface area contributed by atoms with Gasteiger partial charge in [0.2, 0.25) is 0 Å². The van der Waals surface area contributed by atoms with Crippen LogP contribution in [0.15, 0.2) is 12.1 Å². The van der Waals surface area contributed by atoms with Crippen LogP contribution in [0.3, 0.4) is 0 Å². The zero-order valence-corrected chi connectivity index (χ0v) is 11.5. The smallest absolute Gasteiger partial charge is 0.340 e. The number of carbonyl (C=O) groups is 1. The summed E-state index contributed by atoms with van der Waals surface area (Å²) in [7, 11) is 2.99. The van der Waals surface area contributed by atoms with Crippen LogP contribution in [0.1, 0.15) is 10.4 Å². The minimum absolute atomic E-state index is 0.257. The minimum Gasteiger partial charge on any atom is -0.497 e. The van der Waals surface area contributed by atoms with Crippen LogP contribution in [0.2, 0.25) is 0 Å². The molecule has 0 unspecified atom stereocenters. The SMILES string of the molecule is COc1cc(OC)c(N)c(C(=O)OCCSC)c1. The molecule has 18 heavy (non-hydrogen) atoms. The van der Waals surface area contributed by atoms with Crippen LogP contribution < -0.4 is 15.2 Å². The summed E-state index contributed by atoms with van der Waals surface area (Å²) in [6, 6.07) is 3.16. The molecule has 5 nitrogen and oxygen atoms in total. The standard InChI is InChI=1S/C12H17NO4S/c1-15-8-6-9(11(13)10(7-8)16-2)12(14)17-4-5-18-3/h6-7H,4-5,13H2,1-3H3. The molecule has 0 radical (unpaired) electrons. The van der Waals surface area contributed by atoms with Gasteiger partial charge >= 0.3 is 5.97 Å². The predicted octanol–water partition coefficient (Wildman–Crippen LogP) is 1.81. The molecule has 0 amide bonds. The zero-order valence-electron chi connectivity index (χ0n) is 10.7. The van der Waals surface area contributed by atoms with Crippen LogP contribution in [0.5, 0.6) is 11.5 Å². The molecule has 0 aliphatic rings. The maximum absolute atomic E-state index is 11.9. The lowest BCUT2D eigenvalue weighted by Crippen LogP contribution is -2.11. The van der Waals surface area contributed by atoms with Crippen molar-refractivity contribution in [2.75, 3.05) is 38.6 Å². The number of methoxy groups -OCH3 is 2. The molecule has 1 aromatic carbocycles. The molecule has 0 saturated carbocycles. The van der Waals surface area contributed by atoms with Crippen LogP contribution >= 0.6 is 11.8 Å². The van der Waals surface area contributed by atoms with Gasteiger partial charge in [-0.2, -0.15) is 11.8 Å². The van der Waals surface area contributed by atoms with Crippen molar-refractivity contribution in [1.29, 1.82) is 0 Å². The molecular formula is C12H17NO4S. The molecule has 0 heterocycles. The van der Waals surface area contributed by atoms with Crippen molar-refractivity contribution in [3.05, 3.63) is 17.7 Å². The van der Waals surface area contributed by atoms with E-state index in [1.54, 1.807) is 23.9 Å². The molecule has 0 bridgehead atoms. The van der Waals surface area contributed by atoms with E-state index in [0.717, 1.165) is 5.75 Å². The first-order chi connectivity index (χ1) is 8.63. The van der Waals surface area contributed by atoms with E-state index in [0.29, 0.717) is 18.1 Å². The number of thioether (sulfide) groups is 1. The zero-order chi connectivity index (χ0) is 13.5. The number of rotatable bonds is 6. The maximum Gasteiger partial charge on any atom is 0.340 e. The molecule has 100 valence electrons. The topological polar surface area (TPSA) is 70.8 Å². The van der Waals surface area contributed by atoms with E-state index >= 15 is 0 Å². The lowest BCUT2D eigenvalue weighted by molar-refractivity contribution is 0.0531. The fraction of sp³-hybridized carbons (Fsp3) is 0.417. The first-order valence-electron chi connectivity index (χ1n) is 5.31. The van der Waals surface area contributed by atoms with Gasteiger partial charge in [-0.15, -0.1) is 0 Å². The van der Waals surface area contributed by atoms with E-state index in [1.165, 1.54) is 14.2 Å². The second-order valence-electron chi connectivity index (χ2n) is 3.42. The number of hydrogen-bond donors (Lipinski definition) is 1. The normalized spacial score (nSPS) is 9.94. The molecule has 0 aliphatic heterocycles. The first-order valence-corrected chi connectivity index (χ1v) is 6.71. The van der Waals surface area contributed by atoms with Crippen molar-refractivity contribution in [2.24, 2.45) is 0 Å². The number of nitrogen functional groups attached to an aromatic ring is 1. The van der Waals surface area contributed by atoms with Gasteiger partial charge in [0, 0.05) is 11.8 Å². The van der Waals surface area contributed by atoms with Crippen LogP contribution in [0.25, 0.3) is 0 Å². The fourth-order valence-corrected chi connectivity index (χ4v) is 1.60. The highest BCUT2D eigenvalue weighted by molar-refractivity contribution is 7.98. The average Bonchev–Trinajstić information content (AvgIpc) is 2.39. The van der Waals surface area contributed by atoms with Gasteiger partial charge in [-0.3, -0.25) is 0 Å². The lowest BCUT2D eigenvalue weighted by atomic mass is 10.1. The third kappa shape index (κ3) is 3.46. The molecule has 6 heteroatoms. The quantitative estimate of drug-likeness (QED) is 0.483. The molecule has 1 rings (SSSR count). The van der Waals surface area contributed by atoms with Gasteiger partial charge in [-0.25, -0.2) is 4.79 Å². The summed E-state index contributed by atoms with van der Waals surface area (Å²) in [4.78, 5) is 11.9. The number of nitrogens with two attached hydrogens (primary N) is 1. The molecule has 0 atom stereocenters. The molecule has 0 saturated heterocycles. The Kier molecular flexibility index (Phi) is 5.64. The Morgan fingerprint density at radius 3 is 2.61 bits per heavy atom. The van der Waals surface area contributed by atoms with Crippen molar-refractivity contribution >= 4 is 23.4 Å². The monoisotopic (exact) mass is 271 g/mol. The Hall–Kier alpha value is -1.56. The number of hydrogen-bond acceptors (Lipinski definition) is 6. The van der Waals surface area contributed by atoms with E-state index in [4.69, 9.17) is 19.9 Å². The Labute approximate surface area is 111 Å². The highest BCUT2D eigenvalue weighted by atomic mass is 32.2. The third-order valence-electron chi connectivity index (χ3n) is 2.31. The Balaban J connectivity index is 2.95. The van der Waals surface area contributed by atoms with E-state index in [-0.39, 0.29) is 11.3 Å². The van der Waals surface area contributed by atoms with Gasteiger partial charge in [0.05, 0.1) is 25.5 Å². The highest BCUT2D eigenvalue weighted by Crippen LogP contribution is 2.31. The van der Waals surface area contributed by atoms with Gasteiger partial charge in [-0.05, 0) is 12.3 Å². The number of ether oxygens (including phenoxy) is 3. The first kappa shape index (κ1) is 14.5. The molecule has 2 N–H and O–H groups in total. The average molecular weight is 271 g/mol. The van der Waals surface area contributed by atoms with Crippen LogP contribution in [0.4, 0.5) is 5.69 Å². The Morgan fingerprint density at radius 1 is 1.33 bits per heavy atom. The van der Waals surface area contributed by atoms with Crippen molar-refractivity contribution in [1.82, 2.24) is 0 Å². The van der Waals surface area contributed by atoms with Crippen LogP contribution in [-0.4, -0.2) is 38.8 Å². The Bertz CT molecular complexity index is 423. The fourth-order valence-electron chi connectivity index (χ4n) is 1.35. The summed E-state index contributed by atoms with van der Waals surface area (Å²) in [6.07, 6.45) is 1.94. The lowest BCUT2D eigenvalue weighted by Gasteiger charge is -2.12. The van der Waals surface area contributed by atoms with Gasteiger partial charge in [0.25, 0.3) is 0 Å². The van der Waals surface area contributed by atoms with Gasteiger partial charge in [0.1, 0.15) is 18.1 Å². The second-order valence-corrected chi connectivity index (χ2v) is 4.41. The summed E-state index contributed by atoms with van der Waals surface area (Å²) < 4.78 is 15.3. The molecule has 0 fully saturated rings. The molecule has 0 aliphatic carbocycles. The highest BCUT2D eigenvalue weighted by Gasteiger charge is 2.17. The van der Waals surface area contributed by atoms with Gasteiger partial charge in [0.15, 0.2) is 0 Å². The van der Waals surface area contributed by atoms with E-state index in [2.05, 4.69) is 0 Å². The number of carbonyl (C=O) groups excluding carboxylic acids is 1. The molecule has 0 spiro atoms. The summed E-state index contributed by atoms with van der Waals surface area (Å²) in [5.41, 5.74) is 6.35. The number of benzene rings is 1. The molecular weight excluding hydrogens is 254 g/mol. The third-order valence-corrected chi connectivity index (χ3v) is 2.89. The summed E-state index contributed by atoms with van der Waals surface area (Å²) in [5, 5.41) is 0. The summed E-state index contributed by atoms with van der Waals surface area (Å²) in [6.45, 7) is 0.346. The predicted molar refractivity (Wildman–Crippen MR) is 72.6 cm³/mol. The van der Waals surface area contributed by atoms with E-state index in [9.17, 15) is 4.79 Å². The van der Waals surface area contributed by atoms with Crippen molar-refractivity contribution in [3.63, 3.8) is 0 Å². The largest absolute Gasteiger partial charge is 0.497 e. The van der Waals surface area contributed by atoms with Crippen molar-refractivity contribution in [2.45, 2.75) is 0 Å². The van der Waals surface area contributed by atoms with Crippen LogP contribution in [-0.2, 0) is 4.74 Å². The van der Waals surface area contributed by atoms with Gasteiger partial charge in [-0.1, -0.05) is 0 Å². The molecule has 1 aromatic rings. The molecule has 0 aromatic heterocycles. The van der Waals surface area contributed by atoms with E-state index < -0.39 is 5.97 Å². The summed E-state index contributed by atoms with van der Waals surface area (Å²) in [5.74, 6) is 1.16. The van der Waals surface area contributed by atoms with Crippen molar-refractivity contribution in [3.8, 4) is 11.5 Å². The maximum atomic E-state index is 11.9. The second kappa shape index (κ2) is 7.00. The summed E-state index contributed by atoms with van der Waals surface area (Å²) >= 11 is 1.60. The number of anilines is 1. The van der Waals surface area contributed by atoms with Crippen LogP contribution in [0, 0.1) is 0 Å².